The molecule has 3 aromatic rings. The van der Waals surface area contributed by atoms with E-state index < -0.39 is 5.25 Å². The van der Waals surface area contributed by atoms with E-state index in [-0.39, 0.29) is 11.9 Å². The summed E-state index contributed by atoms with van der Waals surface area (Å²) in [5.41, 5.74) is 6.21. The molecule has 1 aliphatic heterocycles. The van der Waals surface area contributed by atoms with Gasteiger partial charge in [-0.05, 0) is 49.2 Å². The molecule has 0 spiro atoms. The first-order chi connectivity index (χ1) is 13.0. The highest BCUT2D eigenvalue weighted by molar-refractivity contribution is 8.00. The summed E-state index contributed by atoms with van der Waals surface area (Å²) >= 11 is 7.43. The third-order valence-electron chi connectivity index (χ3n) is 4.37. The van der Waals surface area contributed by atoms with Crippen LogP contribution in [0.5, 0.6) is 0 Å². The summed E-state index contributed by atoms with van der Waals surface area (Å²) in [5.74, 6) is 0.652. The molecule has 0 fully saturated rings. The first kappa shape index (κ1) is 17.9. The van der Waals surface area contributed by atoms with E-state index in [0.29, 0.717) is 10.2 Å². The van der Waals surface area contributed by atoms with Crippen LogP contribution < -0.4 is 10.7 Å². The fourth-order valence-electron chi connectivity index (χ4n) is 3.02. The molecule has 0 saturated carbocycles. The van der Waals surface area contributed by atoms with Crippen molar-refractivity contribution >= 4 is 35.0 Å². The van der Waals surface area contributed by atoms with E-state index in [1.807, 2.05) is 67.1 Å². The molecule has 0 bridgehead atoms. The molecule has 1 amide bonds. The van der Waals surface area contributed by atoms with Crippen molar-refractivity contribution in [1.82, 2.24) is 14.9 Å². The molecule has 6 nitrogen and oxygen atoms in total. The van der Waals surface area contributed by atoms with Crippen molar-refractivity contribution in [3.05, 3.63) is 70.5 Å². The highest BCUT2D eigenvalue weighted by Crippen LogP contribution is 2.37. The zero-order chi connectivity index (χ0) is 19.0. The second-order valence-corrected chi connectivity index (χ2v) is 7.97. The molecule has 0 radical (unpaired) electrons. The third-order valence-corrected chi connectivity index (χ3v) is 5.84. The predicted octanol–water partition coefficient (Wildman–Crippen LogP) is 3.95. The second-order valence-electron chi connectivity index (χ2n) is 6.42. The highest BCUT2D eigenvalue weighted by atomic mass is 35.5. The number of nitrogens with one attached hydrogen (secondary N) is 2. The second kappa shape index (κ2) is 7.25. The molecule has 27 heavy (non-hydrogen) atoms. The zero-order valence-electron chi connectivity index (χ0n) is 14.8. The molecular weight excluding hydrogens is 382 g/mol. The van der Waals surface area contributed by atoms with Crippen LogP contribution in [0.2, 0.25) is 5.02 Å². The monoisotopic (exact) mass is 399 g/mol. The van der Waals surface area contributed by atoms with Crippen LogP contribution in [0.1, 0.15) is 23.0 Å². The summed E-state index contributed by atoms with van der Waals surface area (Å²) in [5, 5.41) is 12.2. The fraction of sp³-hybridized carbons (Fsp3) is 0.211. The molecule has 0 unspecified atom stereocenters. The number of thioether (sulfide) groups is 1. The number of anilines is 1. The van der Waals surface area contributed by atoms with E-state index >= 15 is 0 Å². The van der Waals surface area contributed by atoms with E-state index in [0.717, 1.165) is 22.6 Å². The van der Waals surface area contributed by atoms with Crippen LogP contribution in [0.3, 0.4) is 0 Å². The van der Waals surface area contributed by atoms with Gasteiger partial charge in [0.1, 0.15) is 11.1 Å². The maximum Gasteiger partial charge on any atom is 0.240 e. The number of aromatic nitrogens is 3. The molecule has 0 aliphatic carbocycles. The minimum Gasteiger partial charge on any atom is -0.325 e. The van der Waals surface area contributed by atoms with Gasteiger partial charge in [0.2, 0.25) is 11.1 Å². The number of carbonyl (C=O) groups is 1. The first-order valence-electron chi connectivity index (χ1n) is 8.49. The smallest absolute Gasteiger partial charge is 0.240 e. The van der Waals surface area contributed by atoms with Gasteiger partial charge in [-0.25, -0.2) is 4.68 Å². The number of rotatable bonds is 3. The van der Waals surface area contributed by atoms with Gasteiger partial charge in [0.15, 0.2) is 0 Å². The Balaban J connectivity index is 1.66. The minimum absolute atomic E-state index is 0.0926. The minimum atomic E-state index is -0.414. The lowest BCUT2D eigenvalue weighted by molar-refractivity contribution is -0.116. The molecule has 0 saturated heterocycles. The quantitative estimate of drug-likeness (QED) is 0.697. The summed E-state index contributed by atoms with van der Waals surface area (Å²) < 4.78 is 1.82. The maximum atomic E-state index is 13.1. The first-order valence-corrected chi connectivity index (χ1v) is 9.75. The number of benzene rings is 2. The topological polar surface area (TPSA) is 71.8 Å². The lowest BCUT2D eigenvalue weighted by Crippen LogP contribution is -2.41. The molecule has 1 aliphatic rings. The SMILES string of the molecule is Cc1cccc(NC(=O)[C@@H]2Sc3nnc(C)n3N[C@H]2c2ccc(Cl)cc2)c1. The molecule has 2 heterocycles. The number of hydrogen-bond acceptors (Lipinski definition) is 5. The van der Waals surface area contributed by atoms with Gasteiger partial charge >= 0.3 is 0 Å². The number of aryl methyl sites for hydroxylation is 2. The number of halogens is 1. The van der Waals surface area contributed by atoms with Crippen LogP contribution in [0.25, 0.3) is 0 Å². The lowest BCUT2D eigenvalue weighted by Gasteiger charge is -2.32. The predicted molar refractivity (Wildman–Crippen MR) is 108 cm³/mol. The zero-order valence-corrected chi connectivity index (χ0v) is 16.4. The average Bonchev–Trinajstić information content (AvgIpc) is 3.02. The summed E-state index contributed by atoms with van der Waals surface area (Å²) in [6, 6.07) is 15.0. The van der Waals surface area contributed by atoms with Gasteiger partial charge in [-0.3, -0.25) is 4.79 Å². The molecule has 8 heteroatoms. The van der Waals surface area contributed by atoms with Gasteiger partial charge in [-0.2, -0.15) is 0 Å². The van der Waals surface area contributed by atoms with E-state index in [2.05, 4.69) is 20.9 Å². The maximum absolute atomic E-state index is 13.1. The molecule has 2 aromatic carbocycles. The molecule has 1 aromatic heterocycles. The van der Waals surface area contributed by atoms with Crippen molar-refractivity contribution in [3.8, 4) is 0 Å². The van der Waals surface area contributed by atoms with Crippen LogP contribution in [0.15, 0.2) is 53.7 Å². The van der Waals surface area contributed by atoms with Gasteiger partial charge in [-0.1, -0.05) is 47.6 Å². The van der Waals surface area contributed by atoms with Gasteiger partial charge in [0, 0.05) is 10.7 Å². The number of carbonyl (C=O) groups excluding carboxylic acids is 1. The average molecular weight is 400 g/mol. The van der Waals surface area contributed by atoms with E-state index in [1.165, 1.54) is 11.8 Å². The Labute approximate surface area is 166 Å². The third kappa shape index (κ3) is 3.65. The van der Waals surface area contributed by atoms with E-state index in [9.17, 15) is 4.79 Å². The molecule has 138 valence electrons. The lowest BCUT2D eigenvalue weighted by atomic mass is 10.0. The van der Waals surface area contributed by atoms with Crippen molar-refractivity contribution < 1.29 is 4.79 Å². The summed E-state index contributed by atoms with van der Waals surface area (Å²) in [6.45, 7) is 3.87. The van der Waals surface area contributed by atoms with Gasteiger partial charge in [0.25, 0.3) is 0 Å². The van der Waals surface area contributed by atoms with Crippen molar-refractivity contribution in [1.29, 1.82) is 0 Å². The number of amides is 1. The van der Waals surface area contributed by atoms with Gasteiger partial charge < -0.3 is 10.7 Å². The fourth-order valence-corrected chi connectivity index (χ4v) is 4.27. The Hall–Kier alpha value is -2.51. The number of fused-ring (bicyclic) bond motifs is 1. The van der Waals surface area contributed by atoms with E-state index in [4.69, 9.17) is 11.6 Å². The van der Waals surface area contributed by atoms with Crippen molar-refractivity contribution in [2.45, 2.75) is 30.3 Å². The molecule has 4 rings (SSSR count). The highest BCUT2D eigenvalue weighted by Gasteiger charge is 2.37. The number of hydrogen-bond donors (Lipinski definition) is 2. The normalized spacial score (nSPS) is 18.5. The Morgan fingerprint density at radius 3 is 2.70 bits per heavy atom. The van der Waals surface area contributed by atoms with Crippen molar-refractivity contribution in [2.24, 2.45) is 0 Å². The molecule has 2 N–H and O–H groups in total. The van der Waals surface area contributed by atoms with Crippen LogP contribution in [-0.2, 0) is 4.79 Å². The van der Waals surface area contributed by atoms with Crippen LogP contribution in [-0.4, -0.2) is 26.0 Å². The van der Waals surface area contributed by atoms with Crippen LogP contribution >= 0.6 is 23.4 Å². The van der Waals surface area contributed by atoms with Crippen molar-refractivity contribution in [2.75, 3.05) is 10.7 Å². The Morgan fingerprint density at radius 2 is 1.96 bits per heavy atom. The van der Waals surface area contributed by atoms with E-state index in [1.54, 1.807) is 0 Å². The van der Waals surface area contributed by atoms with Gasteiger partial charge in [0.05, 0.1) is 6.04 Å². The number of nitrogens with zero attached hydrogens (tertiary/aromatic N) is 3. The Morgan fingerprint density at radius 1 is 1.19 bits per heavy atom. The standard InChI is InChI=1S/C19H18ClN5OS/c1-11-4-3-5-15(10-11)21-18(26)17-16(13-6-8-14(20)9-7-13)24-25-12(2)22-23-19(25)27-17/h3-10,16-17,24H,1-2H3,(H,21,26)/t16-,17+/m0/s1. The van der Waals surface area contributed by atoms with Crippen molar-refractivity contribution in [3.63, 3.8) is 0 Å². The summed E-state index contributed by atoms with van der Waals surface area (Å²) in [7, 11) is 0. The van der Waals surface area contributed by atoms with Gasteiger partial charge in [-0.15, -0.1) is 10.2 Å². The summed E-state index contributed by atoms with van der Waals surface area (Å²) in [4.78, 5) is 13.1. The molecule has 2 atom stereocenters. The van der Waals surface area contributed by atoms with Crippen LogP contribution in [0.4, 0.5) is 5.69 Å². The Kier molecular flexibility index (Phi) is 4.80. The summed E-state index contributed by atoms with van der Waals surface area (Å²) in [6.07, 6.45) is 0. The van der Waals surface area contributed by atoms with Crippen LogP contribution in [0, 0.1) is 13.8 Å². The largest absolute Gasteiger partial charge is 0.325 e. The molecular formula is C19H18ClN5OS. The Bertz CT molecular complexity index is 988.